The van der Waals surface area contributed by atoms with E-state index < -0.39 is 23.9 Å². The smallest absolute Gasteiger partial charge is 0.346 e. The maximum atomic E-state index is 10.6. The molecule has 0 unspecified atom stereocenters. The molecule has 0 atom stereocenters. The molecule has 0 radical (unpaired) electrons. The Morgan fingerprint density at radius 3 is 1.29 bits per heavy atom. The molecule has 0 saturated heterocycles. The predicted octanol–water partition coefficient (Wildman–Crippen LogP) is 3.46. The number of nitrogens with zero attached hydrogens (tertiary/aromatic N) is 2. The van der Waals surface area contributed by atoms with Crippen LogP contribution in [0.3, 0.4) is 0 Å². The van der Waals surface area contributed by atoms with E-state index in [-0.39, 0.29) is 23.3 Å². The van der Waals surface area contributed by atoms with E-state index >= 15 is 0 Å². The molecule has 0 aliphatic heterocycles. The highest BCUT2D eigenvalue weighted by atomic mass is 32.1. The summed E-state index contributed by atoms with van der Waals surface area (Å²) in [6.07, 6.45) is 11.5. The Kier molecular flexibility index (Phi) is 18.4. The van der Waals surface area contributed by atoms with Gasteiger partial charge < -0.3 is 40.7 Å². The largest absolute Gasteiger partial charge is 0.478 e. The van der Waals surface area contributed by atoms with Crippen molar-refractivity contribution in [3.8, 4) is 12.1 Å². The Hall–Kier alpha value is -6.30. The number of hydrogen-bond donors (Lipinski definition) is 6. The van der Waals surface area contributed by atoms with Crippen molar-refractivity contribution < 1.29 is 59.9 Å². The van der Waals surface area contributed by atoms with Gasteiger partial charge in [-0.05, 0) is 81.2 Å². The summed E-state index contributed by atoms with van der Waals surface area (Å²) >= 11 is 3.00. The molecule has 0 saturated carbocycles. The monoisotopic (exact) mass is 694 g/mol. The number of aliphatic carboxylic acids is 4. The lowest BCUT2D eigenvalue weighted by molar-refractivity contribution is -0.355. The van der Waals surface area contributed by atoms with E-state index in [1.807, 2.05) is 22.2 Å². The van der Waals surface area contributed by atoms with E-state index in [4.69, 9.17) is 39.8 Å². The fourth-order valence-electron chi connectivity index (χ4n) is 2.93. The van der Waals surface area contributed by atoms with Crippen LogP contribution in [0.25, 0.3) is 24.3 Å². The molecule has 0 amide bonds. The van der Waals surface area contributed by atoms with E-state index in [1.165, 1.54) is 48.5 Å². The molecule has 48 heavy (non-hydrogen) atoms. The zero-order valence-corrected chi connectivity index (χ0v) is 26.6. The molecule has 0 aliphatic rings. The lowest BCUT2D eigenvalue weighted by atomic mass is 10.2. The highest BCUT2D eigenvalue weighted by Gasteiger charge is 2.08. The third-order valence-electron chi connectivity index (χ3n) is 5.27. The van der Waals surface area contributed by atoms with Gasteiger partial charge in [0, 0.05) is 11.1 Å². The number of nitriles is 2. The fourth-order valence-corrected chi connectivity index (χ4v) is 4.17. The molecule has 14 nitrogen and oxygen atoms in total. The second-order valence-corrected chi connectivity index (χ2v) is 10.2. The van der Waals surface area contributed by atoms with Gasteiger partial charge in [0.2, 0.25) is 0 Å². The van der Waals surface area contributed by atoms with Crippen molar-refractivity contribution in [3.05, 3.63) is 115 Å². The minimum Gasteiger partial charge on any atom is -0.478 e. The Bertz CT molecular complexity index is 1670. The van der Waals surface area contributed by atoms with Crippen LogP contribution < -0.4 is 11.5 Å². The molecule has 0 aromatic carbocycles. The number of quaternary nitrogens is 2. The first-order valence-corrected chi connectivity index (χ1v) is 15.1. The Morgan fingerprint density at radius 1 is 0.625 bits per heavy atom. The van der Waals surface area contributed by atoms with Gasteiger partial charge in [0.05, 0.1) is 36.2 Å². The van der Waals surface area contributed by atoms with Gasteiger partial charge in [0.25, 0.3) is 0 Å². The lowest BCUT2D eigenvalue weighted by Gasteiger charge is -1.92. The highest BCUT2D eigenvalue weighted by Crippen LogP contribution is 2.11. The molecule has 0 spiro atoms. The normalized spacial score (nSPS) is 11.2. The number of rotatable bonds is 10. The molecule has 248 valence electrons. The van der Waals surface area contributed by atoms with Gasteiger partial charge in [0.1, 0.15) is 36.4 Å². The number of hydrogen-bond acceptors (Lipinski definition) is 10. The van der Waals surface area contributed by atoms with E-state index in [0.29, 0.717) is 17.7 Å². The van der Waals surface area contributed by atoms with Gasteiger partial charge in [0.15, 0.2) is 0 Å². The maximum absolute atomic E-state index is 10.6. The summed E-state index contributed by atoms with van der Waals surface area (Å²) in [4.78, 5) is 41.8. The van der Waals surface area contributed by atoms with Crippen molar-refractivity contribution in [2.75, 3.05) is 13.1 Å². The van der Waals surface area contributed by atoms with E-state index in [1.54, 1.807) is 59.2 Å². The van der Waals surface area contributed by atoms with Gasteiger partial charge in [-0.2, -0.15) is 33.2 Å². The van der Waals surface area contributed by atoms with Crippen molar-refractivity contribution >= 4 is 70.9 Å². The minimum atomic E-state index is -1.24. The summed E-state index contributed by atoms with van der Waals surface area (Å²) in [6.45, 7) is 0.575. The van der Waals surface area contributed by atoms with Crippen molar-refractivity contribution in [2.45, 2.75) is 0 Å². The summed E-state index contributed by atoms with van der Waals surface area (Å²) in [5.74, 6) is -4.26. The molecule has 0 bridgehead atoms. The number of carbonyl (C=O) groups is 4. The van der Waals surface area contributed by atoms with E-state index in [0.717, 1.165) is 16.7 Å². The van der Waals surface area contributed by atoms with Crippen LogP contribution in [-0.2, 0) is 19.2 Å². The Balaban J connectivity index is 0.000000320. The van der Waals surface area contributed by atoms with Crippen LogP contribution in [0.15, 0.2) is 102 Å². The third-order valence-corrected chi connectivity index (χ3v) is 6.67. The number of thiophene rings is 2. The molecular weight excluding hydrogens is 665 g/mol. The van der Waals surface area contributed by atoms with Crippen LogP contribution >= 0.6 is 22.7 Å². The number of furan rings is 2. The van der Waals surface area contributed by atoms with Crippen LogP contribution in [0.4, 0.5) is 0 Å². The van der Waals surface area contributed by atoms with Crippen molar-refractivity contribution in [1.29, 1.82) is 10.5 Å². The zero-order chi connectivity index (χ0) is 35.9. The second kappa shape index (κ2) is 22.2. The first kappa shape index (κ1) is 39.7. The van der Waals surface area contributed by atoms with Gasteiger partial charge in [-0.15, -0.1) is 0 Å². The van der Waals surface area contributed by atoms with Crippen molar-refractivity contribution in [3.63, 3.8) is 0 Å². The Labute approximate surface area is 281 Å². The molecule has 4 aromatic heterocycles. The topological polar surface area (TPSA) is 278 Å². The molecule has 4 heterocycles. The minimum absolute atomic E-state index is 0.242. The third kappa shape index (κ3) is 15.6. The lowest BCUT2D eigenvalue weighted by Crippen LogP contribution is -2.52. The number of carboxylic acid groups (broad SMARTS) is 4. The summed E-state index contributed by atoms with van der Waals surface area (Å²) in [5.41, 5.74) is 10.1. The average Bonchev–Trinajstić information content (AvgIpc) is 3.90. The van der Waals surface area contributed by atoms with Crippen LogP contribution in [0.5, 0.6) is 0 Å². The van der Waals surface area contributed by atoms with Gasteiger partial charge in [-0.25, -0.2) is 19.2 Å². The van der Waals surface area contributed by atoms with Gasteiger partial charge in [-0.3, -0.25) is 0 Å². The van der Waals surface area contributed by atoms with Gasteiger partial charge in [-0.1, -0.05) is 0 Å². The van der Waals surface area contributed by atoms with Crippen molar-refractivity contribution in [2.24, 2.45) is 0 Å². The molecule has 4 aromatic rings. The maximum Gasteiger partial charge on any atom is 0.346 e. The second-order valence-electron chi connectivity index (χ2n) is 8.63. The summed E-state index contributed by atoms with van der Waals surface area (Å²) in [7, 11) is 0. The quantitative estimate of drug-likeness (QED) is 0.103. The standard InChI is InChI=1S/C8H9NO3.C8H5NO3.C8H9NO2S.C8H5NO2S/c4*9-4-7(8(10)11)3-6-1-2-12-5-6/h1-3,5H,4,9H2,(H,10,11);1-3,5H,(H,10,11);1-3,5H,4,9H2,(H,10,11);1-3,5H,(H,10,11)/p+2/b4*7-3+. The molecule has 4 rings (SSSR count). The molecule has 10 N–H and O–H groups in total. The Morgan fingerprint density at radius 2 is 1.00 bits per heavy atom. The van der Waals surface area contributed by atoms with E-state index in [9.17, 15) is 19.2 Å². The average molecular weight is 695 g/mol. The zero-order valence-electron chi connectivity index (χ0n) is 25.0. The molecule has 16 heteroatoms. The summed E-state index contributed by atoms with van der Waals surface area (Å²) in [6, 6.07) is 10.1. The molecule has 0 aliphatic carbocycles. The van der Waals surface area contributed by atoms with E-state index in [2.05, 4.69) is 11.5 Å². The summed E-state index contributed by atoms with van der Waals surface area (Å²) < 4.78 is 9.47. The van der Waals surface area contributed by atoms with Gasteiger partial charge >= 0.3 is 23.9 Å². The van der Waals surface area contributed by atoms with Crippen LogP contribution in [0.1, 0.15) is 22.3 Å². The molecule has 0 fully saturated rings. The summed E-state index contributed by atoms with van der Waals surface area (Å²) in [5, 5.41) is 58.4. The predicted molar refractivity (Wildman–Crippen MR) is 175 cm³/mol. The van der Waals surface area contributed by atoms with Crippen LogP contribution in [0.2, 0.25) is 0 Å². The first-order chi connectivity index (χ1) is 22.9. The SMILES string of the molecule is N#C/C(=C\c1ccoc1)C(=O)O.N#C/C(=C\c1ccsc1)C(=O)O.[NH3+]C/C(=C\c1ccoc1)C(=O)O.[NH3+]C/C(=C\c1ccsc1)C(=O)O. The first-order valence-electron chi connectivity index (χ1n) is 13.2. The molecular formula is C32H30N4O10S2+2. The van der Waals surface area contributed by atoms with Crippen LogP contribution in [-0.4, -0.2) is 57.4 Å². The fraction of sp³-hybridized carbons (Fsp3) is 0.0625. The number of carboxylic acids is 4. The van der Waals surface area contributed by atoms with Crippen molar-refractivity contribution in [1.82, 2.24) is 0 Å². The highest BCUT2D eigenvalue weighted by molar-refractivity contribution is 7.08. The van der Waals surface area contributed by atoms with Crippen LogP contribution in [0, 0.1) is 22.7 Å².